The minimum absolute atomic E-state index is 1.04. The van der Waals surface area contributed by atoms with Crippen molar-refractivity contribution in [2.45, 2.75) is 0 Å². The lowest BCUT2D eigenvalue weighted by atomic mass is 11.0. The number of thioether (sulfide) groups is 2. The fourth-order valence-electron chi connectivity index (χ4n) is 0.630. The Balaban J connectivity index is 0. The van der Waals surface area contributed by atoms with Crippen LogP contribution in [-0.2, 0) is 18.2 Å². The van der Waals surface area contributed by atoms with Gasteiger partial charge < -0.3 is 19.7 Å². The van der Waals surface area contributed by atoms with Crippen LogP contribution in [0.3, 0.4) is 0 Å². The van der Waals surface area contributed by atoms with Gasteiger partial charge in [-0.05, 0) is 23.3 Å². The van der Waals surface area contributed by atoms with Crippen LogP contribution in [0, 0.1) is 0 Å². The Labute approximate surface area is 161 Å². The van der Waals surface area contributed by atoms with Crippen LogP contribution in [0.4, 0.5) is 0 Å². The largest absolute Gasteiger partial charge is 0.381 e. The zero-order valence-corrected chi connectivity index (χ0v) is 19.1. The predicted octanol–water partition coefficient (Wildman–Crippen LogP) is 3.63. The Kier molecular flexibility index (Phi) is 19.4. The van der Waals surface area contributed by atoms with E-state index >= 15 is 0 Å². The zero-order valence-electron chi connectivity index (χ0n) is 14.0. The molecule has 24 heavy (non-hydrogen) atoms. The van der Waals surface area contributed by atoms with Gasteiger partial charge in [-0.2, -0.15) is 0 Å². The third kappa shape index (κ3) is 20.8. The molecule has 2 aliphatic heterocycles. The van der Waals surface area contributed by atoms with E-state index in [1.54, 1.807) is 36.0 Å². The van der Waals surface area contributed by atoms with Crippen molar-refractivity contribution in [1.29, 1.82) is 0 Å². The summed E-state index contributed by atoms with van der Waals surface area (Å²) in [5.74, 6) is 2.11. The van der Waals surface area contributed by atoms with E-state index in [0.29, 0.717) is 0 Å². The average Bonchev–Trinajstić information content (AvgIpc) is 3.33. The second-order valence-corrected chi connectivity index (χ2v) is 14.1. The Morgan fingerprint density at radius 1 is 0.917 bits per heavy atom. The molecular formula is C10H26N4O4P2S4. The molecule has 14 heteroatoms. The van der Waals surface area contributed by atoms with Gasteiger partial charge >= 0.3 is 13.4 Å². The van der Waals surface area contributed by atoms with Gasteiger partial charge in [-0.1, -0.05) is 22.8 Å². The Bertz CT molecular complexity index is 389. The van der Waals surface area contributed by atoms with Crippen LogP contribution < -0.4 is 21.6 Å². The second kappa shape index (κ2) is 17.2. The fraction of sp³-hybridized carbons (Fsp3) is 0.600. The first-order chi connectivity index (χ1) is 11.2. The number of hydrogen-bond donors (Lipinski definition) is 4. The summed E-state index contributed by atoms with van der Waals surface area (Å²) >= 11 is 5.64. The van der Waals surface area contributed by atoms with Gasteiger partial charge in [-0.3, -0.25) is 20.1 Å². The zero-order chi connectivity index (χ0) is 18.9. The number of nitrogens with two attached hydrogens (primary N) is 2. The highest BCUT2D eigenvalue weighted by Gasteiger charge is 2.10. The van der Waals surface area contributed by atoms with Crippen molar-refractivity contribution in [2.24, 2.45) is 11.0 Å². The average molecular weight is 457 g/mol. The van der Waals surface area contributed by atoms with Crippen LogP contribution in [0.25, 0.3) is 0 Å². The molecule has 6 N–H and O–H groups in total. The molecular weight excluding hydrogens is 430 g/mol. The van der Waals surface area contributed by atoms with Crippen molar-refractivity contribution in [3.05, 3.63) is 23.2 Å². The molecule has 0 saturated heterocycles. The second-order valence-electron chi connectivity index (χ2n) is 3.45. The van der Waals surface area contributed by atoms with Crippen LogP contribution >= 0.6 is 59.7 Å². The molecule has 0 aromatic rings. The molecule has 2 aliphatic rings. The molecule has 2 heterocycles. The van der Waals surface area contributed by atoms with Crippen molar-refractivity contribution < 1.29 is 18.2 Å². The van der Waals surface area contributed by atoms with Gasteiger partial charge in [0.2, 0.25) is 0 Å². The molecule has 2 atom stereocenters. The van der Waals surface area contributed by atoms with Gasteiger partial charge in [-0.15, -0.1) is 23.5 Å². The quantitative estimate of drug-likeness (QED) is 0.461. The van der Waals surface area contributed by atoms with Crippen molar-refractivity contribution in [2.75, 3.05) is 38.5 Å². The highest BCUT2D eigenvalue weighted by molar-refractivity contribution is 8.55. The van der Waals surface area contributed by atoms with Crippen LogP contribution in [0.15, 0.2) is 23.2 Å². The Hall–Kier alpha value is 0.780. The summed E-state index contributed by atoms with van der Waals surface area (Å²) in [5.41, 5.74) is 10.0. The van der Waals surface area contributed by atoms with Crippen LogP contribution in [0.2, 0.25) is 0 Å². The smallest absolute Gasteiger partial charge is 0.323 e. The molecule has 8 nitrogen and oxygen atoms in total. The highest BCUT2D eigenvalue weighted by atomic mass is 32.7. The monoisotopic (exact) mass is 456 g/mol. The summed E-state index contributed by atoms with van der Waals surface area (Å²) in [7, 11) is 2.66. The van der Waals surface area contributed by atoms with E-state index < -0.39 is 13.4 Å². The van der Waals surface area contributed by atoms with Crippen LogP contribution in [-0.4, -0.2) is 38.5 Å². The molecule has 0 spiro atoms. The van der Waals surface area contributed by atoms with E-state index in [9.17, 15) is 9.13 Å². The summed E-state index contributed by atoms with van der Waals surface area (Å²) < 4.78 is 29.7. The van der Waals surface area contributed by atoms with E-state index in [1.807, 2.05) is 23.2 Å². The van der Waals surface area contributed by atoms with E-state index in [2.05, 4.69) is 19.7 Å². The first kappa shape index (κ1) is 27.0. The number of hydrogen-bond acceptors (Lipinski definition) is 10. The van der Waals surface area contributed by atoms with Gasteiger partial charge in [0.25, 0.3) is 0 Å². The van der Waals surface area contributed by atoms with Gasteiger partial charge in [-0.25, -0.2) is 0 Å². The fourth-order valence-corrected chi connectivity index (χ4v) is 2.79. The molecule has 0 fully saturated rings. The van der Waals surface area contributed by atoms with E-state index in [0.717, 1.165) is 34.5 Å². The molecule has 0 aliphatic carbocycles. The Morgan fingerprint density at radius 3 is 1.29 bits per heavy atom. The molecule has 144 valence electrons. The van der Waals surface area contributed by atoms with Gasteiger partial charge in [0.15, 0.2) is 0 Å². The van der Waals surface area contributed by atoms with E-state index in [4.69, 9.17) is 11.0 Å². The normalized spacial score (nSPS) is 18.9. The van der Waals surface area contributed by atoms with Gasteiger partial charge in [0.05, 0.1) is 11.8 Å². The van der Waals surface area contributed by atoms with E-state index in [1.165, 1.54) is 14.2 Å². The maximum absolute atomic E-state index is 10.5. The van der Waals surface area contributed by atoms with Crippen molar-refractivity contribution in [3.8, 4) is 0 Å². The summed E-state index contributed by atoms with van der Waals surface area (Å²) in [4.78, 5) is 0. The Morgan fingerprint density at radius 2 is 1.25 bits per heavy atom. The van der Waals surface area contributed by atoms with Crippen LogP contribution in [0.1, 0.15) is 0 Å². The minimum Gasteiger partial charge on any atom is -0.381 e. The summed E-state index contributed by atoms with van der Waals surface area (Å²) in [5, 5.41) is 10.1. The first-order valence-electron chi connectivity index (χ1n) is 6.24. The molecule has 0 aromatic heterocycles. The summed E-state index contributed by atoms with van der Waals surface area (Å²) in [6, 6.07) is 0. The van der Waals surface area contributed by atoms with E-state index in [-0.39, 0.29) is 0 Å². The maximum Gasteiger partial charge on any atom is 0.323 e. The molecule has 0 bridgehead atoms. The molecule has 0 aromatic carbocycles. The third-order valence-corrected chi connectivity index (χ3v) is 9.22. The third-order valence-electron chi connectivity index (χ3n) is 1.92. The predicted molar refractivity (Wildman–Crippen MR) is 114 cm³/mol. The SMILES string of the molecule is C1=CSCN1.C1=CSCN1.COP(N)(=O)SC.COP(N)(=O)SC. The molecule has 0 amide bonds. The lowest BCUT2D eigenvalue weighted by Crippen LogP contribution is -1.93. The molecule has 2 rings (SSSR count). The van der Waals surface area contributed by atoms with Crippen LogP contribution in [0.5, 0.6) is 0 Å². The minimum atomic E-state index is -2.74. The summed E-state index contributed by atoms with van der Waals surface area (Å²) in [6.07, 6.45) is 7.18. The van der Waals surface area contributed by atoms with Crippen molar-refractivity contribution in [1.82, 2.24) is 10.6 Å². The lowest BCUT2D eigenvalue weighted by Gasteiger charge is -2.02. The molecule has 2 unspecified atom stereocenters. The molecule has 0 radical (unpaired) electrons. The number of nitrogens with one attached hydrogen (secondary N) is 2. The summed E-state index contributed by atoms with van der Waals surface area (Å²) in [6.45, 7) is -5.48. The topological polar surface area (TPSA) is 129 Å². The van der Waals surface area contributed by atoms with Gasteiger partial charge in [0.1, 0.15) is 0 Å². The first-order valence-corrected chi connectivity index (χ1v) is 15.4. The molecule has 0 saturated carbocycles. The van der Waals surface area contributed by atoms with Crippen molar-refractivity contribution >= 4 is 59.7 Å². The standard InChI is InChI=1S/2C3H5NS.2C2H8NO2PS/c2*1-2-5-3-4-1;2*1-5-6(3,4)7-2/h2*1-2,4H,3H2;2*1-2H3,(H2,3,4). The van der Waals surface area contributed by atoms with Gasteiger partial charge in [0, 0.05) is 26.6 Å². The van der Waals surface area contributed by atoms with Crippen molar-refractivity contribution in [3.63, 3.8) is 0 Å². The highest BCUT2D eigenvalue weighted by Crippen LogP contribution is 2.49. The number of rotatable bonds is 4. The maximum atomic E-state index is 10.5. The lowest BCUT2D eigenvalue weighted by molar-refractivity contribution is 0.409.